The van der Waals surface area contributed by atoms with E-state index in [2.05, 4.69) is 0 Å². The number of ether oxygens (including phenoxy) is 2. The van der Waals surface area contributed by atoms with E-state index in [4.69, 9.17) is 9.47 Å². The highest BCUT2D eigenvalue weighted by molar-refractivity contribution is 6.02. The highest BCUT2D eigenvalue weighted by Gasteiger charge is 2.74. The van der Waals surface area contributed by atoms with Crippen LogP contribution in [0.5, 0.6) is 0 Å². The highest BCUT2D eigenvalue weighted by atomic mass is 16.7. The average Bonchev–Trinajstić information content (AvgIpc) is 3.19. The molecule has 6 unspecified atom stereocenters. The number of hydrogen-bond acceptors (Lipinski definition) is 12. The summed E-state index contributed by atoms with van der Waals surface area (Å²) in [7, 11) is 0. The van der Waals surface area contributed by atoms with Gasteiger partial charge in [-0.25, -0.2) is 0 Å². The van der Waals surface area contributed by atoms with Crippen molar-refractivity contribution in [3.05, 3.63) is 35.6 Å². The molecular formula is C36H52O12. The van der Waals surface area contributed by atoms with Gasteiger partial charge in [-0.15, -0.1) is 0 Å². The molecule has 0 radical (unpaired) electrons. The average molecular weight is 677 g/mol. The van der Waals surface area contributed by atoms with E-state index in [-0.39, 0.29) is 24.4 Å². The molecule has 0 amide bonds. The van der Waals surface area contributed by atoms with E-state index in [1.54, 1.807) is 19.9 Å². The molecule has 0 bridgehead atoms. The quantitative estimate of drug-likeness (QED) is 0.148. The van der Waals surface area contributed by atoms with E-state index in [0.717, 1.165) is 11.6 Å². The minimum Gasteiger partial charge on any atom is -0.459 e. The molecule has 4 aliphatic carbocycles. The van der Waals surface area contributed by atoms with Crippen molar-refractivity contribution >= 4 is 17.3 Å². The summed E-state index contributed by atoms with van der Waals surface area (Å²) in [5.74, 6) is -3.51. The molecule has 0 aromatic carbocycles. The predicted molar refractivity (Wildman–Crippen MR) is 171 cm³/mol. The van der Waals surface area contributed by atoms with Crippen molar-refractivity contribution in [2.75, 3.05) is 6.61 Å². The number of allylic oxidation sites excluding steroid dienone is 4. The molecule has 0 spiro atoms. The van der Waals surface area contributed by atoms with Gasteiger partial charge in [-0.1, -0.05) is 38.5 Å². The molecule has 48 heavy (non-hydrogen) atoms. The van der Waals surface area contributed by atoms with Crippen LogP contribution in [0.4, 0.5) is 0 Å². The molecule has 0 aromatic heterocycles. The first kappa shape index (κ1) is 37.0. The van der Waals surface area contributed by atoms with E-state index in [0.29, 0.717) is 6.42 Å². The first-order chi connectivity index (χ1) is 21.9. The summed E-state index contributed by atoms with van der Waals surface area (Å²) in [5, 5.41) is 74.4. The van der Waals surface area contributed by atoms with Crippen molar-refractivity contribution in [2.24, 2.45) is 39.4 Å². The minimum atomic E-state index is -2.05. The van der Waals surface area contributed by atoms with Crippen LogP contribution < -0.4 is 0 Å². The summed E-state index contributed by atoms with van der Waals surface area (Å²) in [5.41, 5.74) is -6.65. The summed E-state index contributed by atoms with van der Waals surface area (Å²) < 4.78 is 11.5. The Bertz CT molecular complexity index is 1450. The standard InChI is InChI=1S/C36H52O12/c1-31(2,45)12-11-23(39)36(8,46)28-19(38)14-33(5)22-10-9-17-18(35(22,7)24(40)15-34(28,33)6)13-20(29(44)32(17,3)4)47-30-27(43)26(42)25(41)21(16-37)48-30/h9,11-13,18-19,21-22,25-28,30,37-38,41-43,45-46H,10,14-16H2,1-8H3/b12-11+/t18?,19-,21?,22?,25-,26?,27+,28?,30-,33+,34-,35+,36?/m1/s1. The van der Waals surface area contributed by atoms with Gasteiger partial charge >= 0.3 is 0 Å². The molecule has 12 nitrogen and oxygen atoms in total. The number of fused-ring (bicyclic) bond motifs is 5. The van der Waals surface area contributed by atoms with Crippen LogP contribution in [0.2, 0.25) is 0 Å². The fourth-order valence-corrected chi connectivity index (χ4v) is 9.94. The summed E-state index contributed by atoms with van der Waals surface area (Å²) in [6.07, 6.45) is -2.56. The molecule has 5 aliphatic rings. The summed E-state index contributed by atoms with van der Waals surface area (Å²) in [6.45, 7) is 12.8. The Hall–Kier alpha value is -2.29. The zero-order valence-corrected chi connectivity index (χ0v) is 29.0. The van der Waals surface area contributed by atoms with E-state index in [9.17, 15) is 50.1 Å². The van der Waals surface area contributed by atoms with Crippen molar-refractivity contribution in [1.29, 1.82) is 0 Å². The Morgan fingerprint density at radius 1 is 1.00 bits per heavy atom. The van der Waals surface area contributed by atoms with Crippen LogP contribution in [0.3, 0.4) is 0 Å². The van der Waals surface area contributed by atoms with Gasteiger partial charge in [-0.05, 0) is 76.4 Å². The maximum absolute atomic E-state index is 14.7. The lowest BCUT2D eigenvalue weighted by molar-refractivity contribution is -0.291. The Labute approximate surface area is 281 Å². The zero-order valence-electron chi connectivity index (χ0n) is 29.0. The number of hydrogen-bond donors (Lipinski definition) is 7. The number of ketones is 3. The molecule has 13 atom stereocenters. The number of carbonyl (C=O) groups is 3. The topological polar surface area (TPSA) is 211 Å². The highest BCUT2D eigenvalue weighted by Crippen LogP contribution is 2.73. The van der Waals surface area contributed by atoms with Gasteiger partial charge in [-0.2, -0.15) is 0 Å². The van der Waals surface area contributed by atoms with Gasteiger partial charge in [0.05, 0.1) is 23.7 Å². The molecular weight excluding hydrogens is 624 g/mol. The van der Waals surface area contributed by atoms with Crippen molar-refractivity contribution in [1.82, 2.24) is 0 Å². The van der Waals surface area contributed by atoms with Gasteiger partial charge in [0, 0.05) is 23.7 Å². The first-order valence-electron chi connectivity index (χ1n) is 16.7. The lowest BCUT2D eigenvalue weighted by Gasteiger charge is -2.63. The summed E-state index contributed by atoms with van der Waals surface area (Å²) >= 11 is 0. The number of rotatable bonds is 7. The van der Waals surface area contributed by atoms with Gasteiger partial charge in [0.2, 0.25) is 12.1 Å². The molecule has 2 saturated carbocycles. The largest absolute Gasteiger partial charge is 0.459 e. The number of aliphatic hydroxyl groups is 7. The minimum absolute atomic E-state index is 0.0637. The smallest absolute Gasteiger partial charge is 0.229 e. The summed E-state index contributed by atoms with van der Waals surface area (Å²) in [6, 6.07) is 0. The van der Waals surface area contributed by atoms with Gasteiger partial charge in [0.15, 0.2) is 11.5 Å². The first-order valence-corrected chi connectivity index (χ1v) is 16.7. The van der Waals surface area contributed by atoms with Crippen molar-refractivity contribution in [2.45, 2.75) is 123 Å². The predicted octanol–water partition coefficient (Wildman–Crippen LogP) is 0.878. The SMILES string of the molecule is CC(C)(O)/C=C/C(=O)C(C)(O)C1[C@H](O)C[C@@]2(C)C3CC=C4C(C=C(O[C@@H]5OC(CO)[C@@H](O)C(O)[C@@H]5O)C(=O)C4(C)C)[C@]3(C)C(=O)C[C@]12C. The van der Waals surface area contributed by atoms with Crippen molar-refractivity contribution < 1.29 is 59.6 Å². The number of carbonyl (C=O) groups excluding carboxylic acids is 3. The van der Waals surface area contributed by atoms with Crippen LogP contribution in [0.1, 0.15) is 74.7 Å². The van der Waals surface area contributed by atoms with Crippen LogP contribution in [0.15, 0.2) is 35.6 Å². The third-order valence-electron chi connectivity index (χ3n) is 12.9. The van der Waals surface area contributed by atoms with Crippen LogP contribution in [0.25, 0.3) is 0 Å². The van der Waals surface area contributed by atoms with E-state index < -0.39 is 106 Å². The molecule has 12 heteroatoms. The second-order valence-electron chi connectivity index (χ2n) is 16.7. The molecule has 1 heterocycles. The van der Waals surface area contributed by atoms with Crippen molar-refractivity contribution in [3.8, 4) is 0 Å². The molecule has 3 fully saturated rings. The van der Waals surface area contributed by atoms with Gasteiger partial charge in [0.1, 0.15) is 35.8 Å². The lowest BCUT2D eigenvalue weighted by Crippen LogP contribution is -2.64. The van der Waals surface area contributed by atoms with Crippen LogP contribution >= 0.6 is 0 Å². The van der Waals surface area contributed by atoms with Gasteiger partial charge < -0.3 is 45.2 Å². The monoisotopic (exact) mass is 676 g/mol. The fourth-order valence-electron chi connectivity index (χ4n) is 9.94. The van der Waals surface area contributed by atoms with Gasteiger partial charge in [0.25, 0.3) is 0 Å². The van der Waals surface area contributed by atoms with Crippen LogP contribution in [0, 0.1) is 39.4 Å². The second kappa shape index (κ2) is 11.6. The molecule has 268 valence electrons. The Morgan fingerprint density at radius 2 is 1.62 bits per heavy atom. The molecule has 0 aromatic rings. The number of aliphatic hydroxyl groups excluding tert-OH is 5. The summed E-state index contributed by atoms with van der Waals surface area (Å²) in [4.78, 5) is 41.9. The molecule has 1 saturated heterocycles. The molecule has 7 N–H and O–H groups in total. The Morgan fingerprint density at radius 3 is 2.21 bits per heavy atom. The molecule has 1 aliphatic heterocycles. The van der Waals surface area contributed by atoms with Crippen molar-refractivity contribution in [3.63, 3.8) is 0 Å². The third-order valence-corrected chi connectivity index (χ3v) is 12.9. The lowest BCUT2D eigenvalue weighted by atomic mass is 9.39. The second-order valence-corrected chi connectivity index (χ2v) is 16.7. The Kier molecular flexibility index (Phi) is 8.96. The van der Waals surface area contributed by atoms with Crippen LogP contribution in [-0.4, -0.2) is 108 Å². The normalized spacial score (nSPS) is 45.4. The van der Waals surface area contributed by atoms with E-state index >= 15 is 0 Å². The van der Waals surface area contributed by atoms with E-state index in [1.807, 2.05) is 26.8 Å². The fraction of sp³-hybridized carbons (Fsp3) is 0.750. The number of Topliss-reactive ketones (excluding diaryl/α,β-unsaturated/α-hetero) is 2. The maximum Gasteiger partial charge on any atom is 0.229 e. The van der Waals surface area contributed by atoms with E-state index in [1.165, 1.54) is 26.8 Å². The molecule has 5 rings (SSSR count). The third kappa shape index (κ3) is 5.21. The zero-order chi connectivity index (χ0) is 36.2. The maximum atomic E-state index is 14.7. The Balaban J connectivity index is 1.55. The van der Waals surface area contributed by atoms with Gasteiger partial charge in [-0.3, -0.25) is 14.4 Å². The van der Waals surface area contributed by atoms with Crippen LogP contribution in [-0.2, 0) is 23.9 Å².